The van der Waals surface area contributed by atoms with Gasteiger partial charge in [-0.1, -0.05) is 0 Å². The molecule has 0 amide bonds. The molecule has 0 aliphatic carbocycles. The molecule has 2 N–H and O–H groups in total. The summed E-state index contributed by atoms with van der Waals surface area (Å²) in [5, 5.41) is 43.6. The fourth-order valence-corrected chi connectivity index (χ4v) is 1.87. The smallest absolute Gasteiger partial charge is 0.185 e. The lowest BCUT2D eigenvalue weighted by Gasteiger charge is -2.02. The fourth-order valence-electron chi connectivity index (χ4n) is 1.87. The normalized spacial score (nSPS) is 11.8. The number of nitrogens with zero attached hydrogens (tertiary/aromatic N) is 8. The van der Waals surface area contributed by atoms with Crippen molar-refractivity contribution in [3.63, 3.8) is 0 Å². The SMILES string of the molecule is Cn1nccc1N=Nc1cc(O)c(O)c(N=Nc2ccnn2C)c1. The standard InChI is InChI=1S/C14H14N8O2/c1-21-12(3-5-15-21)19-17-9-7-10(14(24)11(23)8-9)18-20-13-4-6-16-22(13)2/h3-8,23-24H,1-2H3. The lowest BCUT2D eigenvalue weighted by atomic mass is 10.2. The van der Waals surface area contributed by atoms with E-state index in [4.69, 9.17) is 0 Å². The van der Waals surface area contributed by atoms with Gasteiger partial charge in [0.25, 0.3) is 0 Å². The third kappa shape index (κ3) is 3.11. The summed E-state index contributed by atoms with van der Waals surface area (Å²) in [6, 6.07) is 6.08. The molecule has 0 atom stereocenters. The van der Waals surface area contributed by atoms with Gasteiger partial charge in [-0.3, -0.25) is 0 Å². The summed E-state index contributed by atoms with van der Waals surface area (Å²) in [6.07, 6.45) is 3.17. The van der Waals surface area contributed by atoms with E-state index in [9.17, 15) is 10.2 Å². The average Bonchev–Trinajstić information content (AvgIpc) is 3.15. The van der Waals surface area contributed by atoms with Gasteiger partial charge in [-0.25, -0.2) is 9.36 Å². The summed E-state index contributed by atoms with van der Waals surface area (Å²) in [4.78, 5) is 0. The molecule has 0 aliphatic rings. The van der Waals surface area contributed by atoms with Crippen LogP contribution in [-0.2, 0) is 14.1 Å². The molecule has 122 valence electrons. The molecule has 0 aliphatic heterocycles. The highest BCUT2D eigenvalue weighted by Crippen LogP contribution is 2.40. The van der Waals surface area contributed by atoms with Crippen LogP contribution in [0.1, 0.15) is 0 Å². The molecular formula is C14H14N8O2. The van der Waals surface area contributed by atoms with Gasteiger partial charge in [0.1, 0.15) is 5.69 Å². The Balaban J connectivity index is 1.91. The predicted octanol–water partition coefficient (Wildman–Crippen LogP) is 3.40. The highest BCUT2D eigenvalue weighted by Gasteiger charge is 2.09. The number of hydrogen-bond donors (Lipinski definition) is 2. The molecule has 0 fully saturated rings. The average molecular weight is 326 g/mol. The van der Waals surface area contributed by atoms with Crippen molar-refractivity contribution in [1.82, 2.24) is 19.6 Å². The number of phenols is 2. The van der Waals surface area contributed by atoms with E-state index in [0.717, 1.165) is 0 Å². The molecule has 3 rings (SSSR count). The molecule has 1 aromatic carbocycles. The van der Waals surface area contributed by atoms with Crippen molar-refractivity contribution in [2.45, 2.75) is 0 Å². The molecule has 24 heavy (non-hydrogen) atoms. The molecule has 0 saturated heterocycles. The maximum absolute atomic E-state index is 9.90. The summed E-state index contributed by atoms with van der Waals surface area (Å²) >= 11 is 0. The highest BCUT2D eigenvalue weighted by molar-refractivity contribution is 5.65. The summed E-state index contributed by atoms with van der Waals surface area (Å²) in [5.74, 6) is 0.284. The van der Waals surface area contributed by atoms with Gasteiger partial charge in [0.05, 0.1) is 18.1 Å². The van der Waals surface area contributed by atoms with Gasteiger partial charge in [0.15, 0.2) is 23.1 Å². The van der Waals surface area contributed by atoms with Gasteiger partial charge in [-0.2, -0.15) is 10.2 Å². The largest absolute Gasteiger partial charge is 0.504 e. The Bertz CT molecular complexity index is 925. The maximum atomic E-state index is 9.90. The Kier molecular flexibility index (Phi) is 4.01. The van der Waals surface area contributed by atoms with E-state index >= 15 is 0 Å². The van der Waals surface area contributed by atoms with E-state index in [2.05, 4.69) is 30.7 Å². The lowest BCUT2D eigenvalue weighted by molar-refractivity contribution is 0.405. The summed E-state index contributed by atoms with van der Waals surface area (Å²) in [7, 11) is 3.44. The molecule has 2 aromatic heterocycles. The zero-order chi connectivity index (χ0) is 17.1. The number of hydrogen-bond acceptors (Lipinski definition) is 8. The number of benzene rings is 1. The third-order valence-electron chi connectivity index (χ3n) is 3.17. The minimum atomic E-state index is -0.389. The Morgan fingerprint density at radius 1 is 0.833 bits per heavy atom. The molecule has 3 aromatic rings. The predicted molar refractivity (Wildman–Crippen MR) is 84.5 cm³/mol. The van der Waals surface area contributed by atoms with Crippen LogP contribution in [0.5, 0.6) is 11.5 Å². The molecular weight excluding hydrogens is 312 g/mol. The minimum Gasteiger partial charge on any atom is -0.504 e. The van der Waals surface area contributed by atoms with E-state index < -0.39 is 0 Å². The van der Waals surface area contributed by atoms with Crippen LogP contribution >= 0.6 is 0 Å². The summed E-state index contributed by atoms with van der Waals surface area (Å²) < 4.78 is 3.07. The zero-order valence-electron chi connectivity index (χ0n) is 12.9. The Morgan fingerprint density at radius 2 is 1.42 bits per heavy atom. The third-order valence-corrected chi connectivity index (χ3v) is 3.17. The van der Waals surface area contributed by atoms with Crippen LogP contribution in [0.25, 0.3) is 0 Å². The van der Waals surface area contributed by atoms with Gasteiger partial charge >= 0.3 is 0 Å². The lowest BCUT2D eigenvalue weighted by Crippen LogP contribution is -1.87. The fraction of sp³-hybridized carbons (Fsp3) is 0.143. The molecule has 10 nitrogen and oxygen atoms in total. The Morgan fingerprint density at radius 3 is 1.96 bits per heavy atom. The van der Waals surface area contributed by atoms with Crippen LogP contribution < -0.4 is 0 Å². The summed E-state index contributed by atoms with van der Waals surface area (Å²) in [5.41, 5.74) is 0.376. The number of aryl methyl sites for hydroxylation is 2. The van der Waals surface area contributed by atoms with Crippen LogP contribution in [0.15, 0.2) is 57.1 Å². The van der Waals surface area contributed by atoms with E-state index in [-0.39, 0.29) is 17.2 Å². The number of aromatic hydroxyl groups is 2. The first-order valence-corrected chi connectivity index (χ1v) is 6.90. The first kappa shape index (κ1) is 15.3. The molecule has 0 spiro atoms. The van der Waals surface area contributed by atoms with Crippen molar-refractivity contribution >= 4 is 23.0 Å². The Hall–Kier alpha value is -3.56. The molecule has 0 unspecified atom stereocenters. The van der Waals surface area contributed by atoms with E-state index in [1.165, 1.54) is 16.8 Å². The molecule has 0 saturated carbocycles. The molecule has 10 heteroatoms. The van der Waals surface area contributed by atoms with Gasteiger partial charge < -0.3 is 10.2 Å². The van der Waals surface area contributed by atoms with E-state index in [1.54, 1.807) is 43.3 Å². The number of phenolic OH excluding ortho intramolecular Hbond substituents is 2. The number of azo groups is 2. The van der Waals surface area contributed by atoms with Crippen LogP contribution in [0.4, 0.5) is 23.0 Å². The first-order chi connectivity index (χ1) is 11.5. The number of aromatic nitrogens is 4. The monoisotopic (exact) mass is 326 g/mol. The van der Waals surface area contributed by atoms with Crippen molar-refractivity contribution in [3.8, 4) is 11.5 Å². The van der Waals surface area contributed by atoms with Crippen LogP contribution in [-0.4, -0.2) is 29.8 Å². The van der Waals surface area contributed by atoms with E-state index in [1.807, 2.05) is 0 Å². The number of rotatable bonds is 4. The van der Waals surface area contributed by atoms with Gasteiger partial charge in [-0.15, -0.1) is 20.5 Å². The van der Waals surface area contributed by atoms with Crippen LogP contribution in [0.2, 0.25) is 0 Å². The van der Waals surface area contributed by atoms with Gasteiger partial charge in [0, 0.05) is 32.3 Å². The quantitative estimate of drug-likeness (QED) is 0.563. The molecule has 0 bridgehead atoms. The second-order valence-electron chi connectivity index (χ2n) is 4.86. The minimum absolute atomic E-state index is 0.0650. The Labute approximate surface area is 136 Å². The molecule has 0 radical (unpaired) electrons. The maximum Gasteiger partial charge on any atom is 0.185 e. The van der Waals surface area contributed by atoms with Gasteiger partial charge in [0.2, 0.25) is 0 Å². The van der Waals surface area contributed by atoms with Crippen molar-refractivity contribution in [2.75, 3.05) is 0 Å². The zero-order valence-corrected chi connectivity index (χ0v) is 12.9. The summed E-state index contributed by atoms with van der Waals surface area (Å²) in [6.45, 7) is 0. The molecule has 2 heterocycles. The van der Waals surface area contributed by atoms with Crippen molar-refractivity contribution < 1.29 is 10.2 Å². The second-order valence-corrected chi connectivity index (χ2v) is 4.86. The first-order valence-electron chi connectivity index (χ1n) is 6.90. The van der Waals surface area contributed by atoms with Crippen molar-refractivity contribution in [1.29, 1.82) is 0 Å². The van der Waals surface area contributed by atoms with Crippen molar-refractivity contribution in [3.05, 3.63) is 36.7 Å². The topological polar surface area (TPSA) is 126 Å². The van der Waals surface area contributed by atoms with Gasteiger partial charge in [-0.05, 0) is 6.07 Å². The highest BCUT2D eigenvalue weighted by atomic mass is 16.3. The van der Waals surface area contributed by atoms with Crippen LogP contribution in [0, 0.1) is 0 Å². The van der Waals surface area contributed by atoms with E-state index in [0.29, 0.717) is 17.3 Å². The van der Waals surface area contributed by atoms with Crippen molar-refractivity contribution in [2.24, 2.45) is 34.6 Å². The van der Waals surface area contributed by atoms with Crippen LogP contribution in [0.3, 0.4) is 0 Å². The second kappa shape index (κ2) is 6.28.